The van der Waals surface area contributed by atoms with Crippen LogP contribution in [0.3, 0.4) is 0 Å². The second kappa shape index (κ2) is 9.95. The molecule has 142 valence electrons. The fourth-order valence-electron chi connectivity index (χ4n) is 3.31. The van der Waals surface area contributed by atoms with Crippen molar-refractivity contribution in [2.75, 3.05) is 13.1 Å². The first-order chi connectivity index (χ1) is 12.2. The Balaban J connectivity index is 0.00000243. The number of hydrogen-bond donors (Lipinski definition) is 2. The van der Waals surface area contributed by atoms with Gasteiger partial charge in [-0.2, -0.15) is 5.10 Å². The number of rotatable bonds is 6. The Kier molecular flexibility index (Phi) is 7.94. The van der Waals surface area contributed by atoms with E-state index < -0.39 is 0 Å². The van der Waals surface area contributed by atoms with Crippen LogP contribution in [0.15, 0.2) is 24.3 Å². The highest BCUT2D eigenvalue weighted by Gasteiger charge is 2.24. The SMILES string of the molecule is Cl.NCCCCNC(=O)c1nn(-c2ccc(Cl)cc2)c2c1CCCCC2. The van der Waals surface area contributed by atoms with E-state index in [1.165, 1.54) is 6.42 Å². The molecule has 0 bridgehead atoms. The summed E-state index contributed by atoms with van der Waals surface area (Å²) < 4.78 is 1.92. The first-order valence-corrected chi connectivity index (χ1v) is 9.43. The normalized spacial score (nSPS) is 13.5. The smallest absolute Gasteiger partial charge is 0.272 e. The number of carbonyl (C=O) groups excluding carboxylic acids is 1. The minimum Gasteiger partial charge on any atom is -0.351 e. The van der Waals surface area contributed by atoms with E-state index in [0.29, 0.717) is 23.8 Å². The third-order valence-corrected chi connectivity index (χ3v) is 4.88. The van der Waals surface area contributed by atoms with Gasteiger partial charge >= 0.3 is 0 Å². The summed E-state index contributed by atoms with van der Waals surface area (Å²) in [5, 5.41) is 8.35. The van der Waals surface area contributed by atoms with Crippen molar-refractivity contribution in [2.45, 2.75) is 44.9 Å². The summed E-state index contributed by atoms with van der Waals surface area (Å²) in [6, 6.07) is 7.61. The Morgan fingerprint density at radius 2 is 1.88 bits per heavy atom. The Morgan fingerprint density at radius 1 is 1.15 bits per heavy atom. The minimum atomic E-state index is -0.0807. The van der Waals surface area contributed by atoms with Crippen molar-refractivity contribution in [3.63, 3.8) is 0 Å². The number of carbonyl (C=O) groups is 1. The molecular formula is C19H26Cl2N4O. The van der Waals surface area contributed by atoms with Crippen molar-refractivity contribution in [1.82, 2.24) is 15.1 Å². The van der Waals surface area contributed by atoms with Crippen molar-refractivity contribution in [2.24, 2.45) is 5.73 Å². The van der Waals surface area contributed by atoms with E-state index in [4.69, 9.17) is 17.3 Å². The molecular weight excluding hydrogens is 371 g/mol. The van der Waals surface area contributed by atoms with Gasteiger partial charge in [0.2, 0.25) is 0 Å². The number of nitrogens with two attached hydrogens (primary N) is 1. The van der Waals surface area contributed by atoms with Crippen LogP contribution in [0, 0.1) is 0 Å². The Hall–Kier alpha value is -1.56. The minimum absolute atomic E-state index is 0. The van der Waals surface area contributed by atoms with Crippen LogP contribution >= 0.6 is 24.0 Å². The highest BCUT2D eigenvalue weighted by Crippen LogP contribution is 2.27. The Morgan fingerprint density at radius 3 is 2.62 bits per heavy atom. The van der Waals surface area contributed by atoms with Gasteiger partial charge in [0.1, 0.15) is 0 Å². The quantitative estimate of drug-likeness (QED) is 0.577. The van der Waals surface area contributed by atoms with Gasteiger partial charge in [0.15, 0.2) is 5.69 Å². The lowest BCUT2D eigenvalue weighted by molar-refractivity contribution is 0.0946. The molecule has 5 nitrogen and oxygen atoms in total. The number of unbranched alkanes of at least 4 members (excludes halogenated alkanes) is 1. The topological polar surface area (TPSA) is 72.9 Å². The molecule has 26 heavy (non-hydrogen) atoms. The Labute approximate surface area is 165 Å². The van der Waals surface area contributed by atoms with Gasteiger partial charge in [-0.05, 0) is 69.3 Å². The molecule has 1 aliphatic carbocycles. The number of hydrogen-bond acceptors (Lipinski definition) is 3. The highest BCUT2D eigenvalue weighted by atomic mass is 35.5. The van der Waals surface area contributed by atoms with Gasteiger partial charge in [0, 0.05) is 22.8 Å². The number of aromatic nitrogens is 2. The van der Waals surface area contributed by atoms with Crippen LogP contribution in [-0.4, -0.2) is 28.8 Å². The summed E-state index contributed by atoms with van der Waals surface area (Å²) >= 11 is 6.00. The van der Waals surface area contributed by atoms with Crippen LogP contribution < -0.4 is 11.1 Å². The first kappa shape index (κ1) is 20.7. The van der Waals surface area contributed by atoms with Crippen LogP contribution in [0.5, 0.6) is 0 Å². The molecule has 3 rings (SSSR count). The third-order valence-electron chi connectivity index (χ3n) is 4.63. The van der Waals surface area contributed by atoms with E-state index in [1.54, 1.807) is 0 Å². The fraction of sp³-hybridized carbons (Fsp3) is 0.474. The molecule has 7 heteroatoms. The van der Waals surface area contributed by atoms with Crippen molar-refractivity contribution in [3.05, 3.63) is 46.2 Å². The van der Waals surface area contributed by atoms with E-state index in [-0.39, 0.29) is 18.3 Å². The van der Waals surface area contributed by atoms with Crippen LogP contribution in [0.4, 0.5) is 0 Å². The molecule has 1 aromatic carbocycles. The number of amides is 1. The van der Waals surface area contributed by atoms with Gasteiger partial charge in [-0.1, -0.05) is 18.0 Å². The average molecular weight is 397 g/mol. The van der Waals surface area contributed by atoms with Gasteiger partial charge in [0.05, 0.1) is 5.69 Å². The standard InChI is InChI=1S/C19H25ClN4O.ClH/c20-14-8-10-15(11-9-14)24-17-7-3-1-2-6-16(17)18(23-24)19(25)22-13-5-4-12-21;/h8-11H,1-7,12-13,21H2,(H,22,25);1H. The monoisotopic (exact) mass is 396 g/mol. The van der Waals surface area contributed by atoms with Gasteiger partial charge < -0.3 is 11.1 Å². The highest BCUT2D eigenvalue weighted by molar-refractivity contribution is 6.30. The maximum Gasteiger partial charge on any atom is 0.272 e. The average Bonchev–Trinajstić information content (AvgIpc) is 2.81. The van der Waals surface area contributed by atoms with Crippen LogP contribution in [-0.2, 0) is 12.8 Å². The number of nitrogens with one attached hydrogen (secondary N) is 1. The summed E-state index contributed by atoms with van der Waals surface area (Å²) in [6.07, 6.45) is 7.09. The van der Waals surface area contributed by atoms with Crippen LogP contribution in [0.2, 0.25) is 5.02 Å². The van der Waals surface area contributed by atoms with E-state index >= 15 is 0 Å². The molecule has 0 saturated carbocycles. The molecule has 0 fully saturated rings. The second-order valence-electron chi connectivity index (χ2n) is 6.47. The molecule has 1 aliphatic rings. The van der Waals surface area contributed by atoms with Crippen LogP contribution in [0.25, 0.3) is 5.69 Å². The molecule has 0 spiro atoms. The van der Waals surface area contributed by atoms with Crippen molar-refractivity contribution in [1.29, 1.82) is 0 Å². The van der Waals surface area contributed by atoms with Crippen LogP contribution in [0.1, 0.15) is 53.8 Å². The second-order valence-corrected chi connectivity index (χ2v) is 6.91. The maximum atomic E-state index is 12.7. The molecule has 0 atom stereocenters. The van der Waals surface area contributed by atoms with Crippen molar-refractivity contribution >= 4 is 29.9 Å². The molecule has 0 saturated heterocycles. The van der Waals surface area contributed by atoms with E-state index in [0.717, 1.165) is 55.5 Å². The van der Waals surface area contributed by atoms with Gasteiger partial charge in [-0.15, -0.1) is 12.4 Å². The summed E-state index contributed by atoms with van der Waals surface area (Å²) in [5.41, 5.74) is 9.28. The number of halogens is 2. The number of fused-ring (bicyclic) bond motifs is 1. The van der Waals surface area contributed by atoms with Crippen molar-refractivity contribution < 1.29 is 4.79 Å². The largest absolute Gasteiger partial charge is 0.351 e. The lowest BCUT2D eigenvalue weighted by Crippen LogP contribution is -2.26. The molecule has 1 aromatic heterocycles. The van der Waals surface area contributed by atoms with Gasteiger partial charge in [0.25, 0.3) is 5.91 Å². The predicted octanol–water partition coefficient (Wildman–Crippen LogP) is 3.69. The number of nitrogens with zero attached hydrogens (tertiary/aromatic N) is 2. The summed E-state index contributed by atoms with van der Waals surface area (Å²) in [7, 11) is 0. The van der Waals surface area contributed by atoms with E-state index in [9.17, 15) is 4.79 Å². The summed E-state index contributed by atoms with van der Waals surface area (Å²) in [5.74, 6) is -0.0807. The summed E-state index contributed by atoms with van der Waals surface area (Å²) in [4.78, 5) is 12.7. The van der Waals surface area contributed by atoms with E-state index in [1.807, 2.05) is 28.9 Å². The van der Waals surface area contributed by atoms with Gasteiger partial charge in [-0.25, -0.2) is 4.68 Å². The maximum absolute atomic E-state index is 12.7. The third kappa shape index (κ3) is 4.78. The van der Waals surface area contributed by atoms with Gasteiger partial charge in [-0.3, -0.25) is 4.79 Å². The zero-order chi connectivity index (χ0) is 17.6. The predicted molar refractivity (Wildman–Crippen MR) is 108 cm³/mol. The Bertz CT molecular complexity index is 728. The fourth-order valence-corrected chi connectivity index (χ4v) is 3.43. The molecule has 2 aromatic rings. The molecule has 1 amide bonds. The molecule has 0 aliphatic heterocycles. The molecule has 0 unspecified atom stereocenters. The first-order valence-electron chi connectivity index (χ1n) is 9.05. The summed E-state index contributed by atoms with van der Waals surface area (Å²) in [6.45, 7) is 1.29. The molecule has 1 heterocycles. The zero-order valence-corrected chi connectivity index (χ0v) is 16.4. The van der Waals surface area contributed by atoms with E-state index in [2.05, 4.69) is 10.4 Å². The lowest BCUT2D eigenvalue weighted by Gasteiger charge is -2.07. The van der Waals surface area contributed by atoms with Crippen molar-refractivity contribution in [3.8, 4) is 5.69 Å². The molecule has 0 radical (unpaired) electrons. The lowest BCUT2D eigenvalue weighted by atomic mass is 10.1. The zero-order valence-electron chi connectivity index (χ0n) is 14.8. The molecule has 3 N–H and O–H groups in total. The number of benzene rings is 1.